The predicted molar refractivity (Wildman–Crippen MR) is 178 cm³/mol. The molecule has 1 atom stereocenters. The first-order valence-electron chi connectivity index (χ1n) is 17.5. The summed E-state index contributed by atoms with van der Waals surface area (Å²) in [5, 5.41) is 9.51. The molecule has 5 heteroatoms. The van der Waals surface area contributed by atoms with Crippen LogP contribution in [0.25, 0.3) is 0 Å². The minimum absolute atomic E-state index is 0.0707. The molecule has 0 rings (SSSR count). The van der Waals surface area contributed by atoms with E-state index in [4.69, 9.17) is 9.47 Å². The van der Waals surface area contributed by atoms with Gasteiger partial charge in [0.15, 0.2) is 6.10 Å². The number of hydrogen-bond donors (Lipinski definition) is 1. The lowest BCUT2D eigenvalue weighted by Gasteiger charge is -2.15. The molecular formula is C37H66O5. The van der Waals surface area contributed by atoms with Crippen molar-refractivity contribution in [2.75, 3.05) is 13.2 Å². The molecule has 0 aliphatic carbocycles. The average Bonchev–Trinajstić information content (AvgIpc) is 2.99. The maximum Gasteiger partial charge on any atom is 0.306 e. The number of esters is 2. The van der Waals surface area contributed by atoms with Crippen molar-refractivity contribution in [2.24, 2.45) is 0 Å². The highest BCUT2D eigenvalue weighted by atomic mass is 16.6. The molecule has 0 aliphatic heterocycles. The summed E-state index contributed by atoms with van der Waals surface area (Å²) in [5.74, 6) is -0.610. The lowest BCUT2D eigenvalue weighted by Crippen LogP contribution is -2.28. The van der Waals surface area contributed by atoms with Gasteiger partial charge in [0, 0.05) is 12.8 Å². The quantitative estimate of drug-likeness (QED) is 0.0494. The van der Waals surface area contributed by atoms with Gasteiger partial charge >= 0.3 is 11.9 Å². The van der Waals surface area contributed by atoms with Crippen LogP contribution >= 0.6 is 0 Å². The number of ether oxygens (including phenoxy) is 2. The molecule has 0 unspecified atom stereocenters. The fourth-order valence-corrected chi connectivity index (χ4v) is 4.80. The van der Waals surface area contributed by atoms with Crippen LogP contribution in [0.15, 0.2) is 36.5 Å². The summed E-state index contributed by atoms with van der Waals surface area (Å²) in [6.07, 6.45) is 39.1. The van der Waals surface area contributed by atoms with Gasteiger partial charge in [-0.3, -0.25) is 9.59 Å². The zero-order valence-electron chi connectivity index (χ0n) is 27.5. The molecule has 5 nitrogen and oxygen atoms in total. The zero-order chi connectivity index (χ0) is 30.8. The molecule has 0 bridgehead atoms. The van der Waals surface area contributed by atoms with E-state index in [1.165, 1.54) is 70.6 Å². The Bertz CT molecular complexity index is 682. The number of carbonyl (C=O) groups is 2. The summed E-state index contributed by atoms with van der Waals surface area (Å²) in [7, 11) is 0. The van der Waals surface area contributed by atoms with Gasteiger partial charge in [-0.05, 0) is 44.9 Å². The molecule has 0 amide bonds. The van der Waals surface area contributed by atoms with Crippen molar-refractivity contribution in [3.05, 3.63) is 36.5 Å². The Balaban J connectivity index is 3.60. The Morgan fingerprint density at radius 3 is 1.55 bits per heavy atom. The van der Waals surface area contributed by atoms with E-state index in [-0.39, 0.29) is 25.2 Å². The van der Waals surface area contributed by atoms with Gasteiger partial charge in [0.2, 0.25) is 0 Å². The van der Waals surface area contributed by atoms with Crippen molar-refractivity contribution in [3.8, 4) is 0 Å². The summed E-state index contributed by atoms with van der Waals surface area (Å²) >= 11 is 0. The fraction of sp³-hybridized carbons (Fsp3) is 0.784. The fourth-order valence-electron chi connectivity index (χ4n) is 4.80. The van der Waals surface area contributed by atoms with Gasteiger partial charge in [-0.25, -0.2) is 0 Å². The molecule has 244 valence electrons. The second kappa shape index (κ2) is 33.6. The Labute approximate surface area is 259 Å². The number of allylic oxidation sites excluding steroid dienone is 6. The molecule has 0 saturated carbocycles. The third kappa shape index (κ3) is 31.1. The van der Waals surface area contributed by atoms with Gasteiger partial charge in [-0.2, -0.15) is 0 Å². The second-order valence-electron chi connectivity index (χ2n) is 11.6. The number of aliphatic hydroxyl groups excluding tert-OH is 1. The smallest absolute Gasteiger partial charge is 0.306 e. The highest BCUT2D eigenvalue weighted by Gasteiger charge is 2.16. The molecule has 0 spiro atoms. The Morgan fingerprint density at radius 2 is 1.02 bits per heavy atom. The van der Waals surface area contributed by atoms with E-state index in [0.717, 1.165) is 70.6 Å². The van der Waals surface area contributed by atoms with E-state index in [1.807, 2.05) is 0 Å². The maximum absolute atomic E-state index is 12.1. The van der Waals surface area contributed by atoms with E-state index in [1.54, 1.807) is 0 Å². The number of hydrogen-bond acceptors (Lipinski definition) is 5. The Morgan fingerprint density at radius 1 is 0.571 bits per heavy atom. The third-order valence-corrected chi connectivity index (χ3v) is 7.45. The van der Waals surface area contributed by atoms with Crippen LogP contribution in [-0.2, 0) is 19.1 Å². The first-order chi connectivity index (χ1) is 20.6. The first-order valence-corrected chi connectivity index (χ1v) is 17.5. The van der Waals surface area contributed by atoms with Crippen LogP contribution in [0.4, 0.5) is 0 Å². The van der Waals surface area contributed by atoms with Gasteiger partial charge < -0.3 is 14.6 Å². The van der Waals surface area contributed by atoms with Crippen molar-refractivity contribution < 1.29 is 24.2 Å². The third-order valence-electron chi connectivity index (χ3n) is 7.45. The average molecular weight is 591 g/mol. The van der Waals surface area contributed by atoms with Gasteiger partial charge in [-0.15, -0.1) is 0 Å². The molecule has 42 heavy (non-hydrogen) atoms. The second-order valence-corrected chi connectivity index (χ2v) is 11.6. The highest BCUT2D eigenvalue weighted by Crippen LogP contribution is 2.13. The van der Waals surface area contributed by atoms with Crippen molar-refractivity contribution in [1.82, 2.24) is 0 Å². The Kier molecular flexibility index (Phi) is 32.1. The van der Waals surface area contributed by atoms with Crippen molar-refractivity contribution in [1.29, 1.82) is 0 Å². The molecule has 0 radical (unpaired) electrons. The summed E-state index contributed by atoms with van der Waals surface area (Å²) in [5.41, 5.74) is 0. The predicted octanol–water partition coefficient (Wildman–Crippen LogP) is 10.5. The van der Waals surface area contributed by atoms with Crippen LogP contribution in [0, 0.1) is 0 Å². The SMILES string of the molecule is CC/C=C/C/C=C/C/C=C/CCCCCCCC(=O)O[C@@H](CO)COC(=O)CCCCCCCCCCCCCCC. The van der Waals surface area contributed by atoms with E-state index in [2.05, 4.69) is 50.3 Å². The largest absolute Gasteiger partial charge is 0.462 e. The van der Waals surface area contributed by atoms with Crippen LogP contribution in [0.3, 0.4) is 0 Å². The lowest BCUT2D eigenvalue weighted by atomic mass is 10.0. The van der Waals surface area contributed by atoms with Crippen molar-refractivity contribution >= 4 is 11.9 Å². The number of rotatable bonds is 31. The van der Waals surface area contributed by atoms with Gasteiger partial charge in [0.1, 0.15) is 6.61 Å². The highest BCUT2D eigenvalue weighted by molar-refractivity contribution is 5.70. The minimum atomic E-state index is -0.775. The molecule has 0 aliphatic rings. The topological polar surface area (TPSA) is 72.8 Å². The molecule has 0 fully saturated rings. The molecule has 0 saturated heterocycles. The lowest BCUT2D eigenvalue weighted by molar-refractivity contribution is -0.161. The van der Waals surface area contributed by atoms with Gasteiger partial charge in [0.05, 0.1) is 6.61 Å². The molecule has 0 heterocycles. The van der Waals surface area contributed by atoms with Gasteiger partial charge in [0.25, 0.3) is 0 Å². The van der Waals surface area contributed by atoms with Crippen LogP contribution in [0.1, 0.15) is 168 Å². The van der Waals surface area contributed by atoms with Gasteiger partial charge in [-0.1, -0.05) is 147 Å². The van der Waals surface area contributed by atoms with E-state index >= 15 is 0 Å². The number of carbonyl (C=O) groups excluding carboxylic acids is 2. The van der Waals surface area contributed by atoms with E-state index in [9.17, 15) is 14.7 Å². The molecule has 1 N–H and O–H groups in total. The standard InChI is InChI=1S/C37H66O5/c1-3-5-7-9-11-13-15-17-18-20-22-24-26-28-30-32-37(40)42-35(33-38)34-41-36(39)31-29-27-25-23-21-19-16-14-12-10-8-6-4-2/h5,7,11,13,17-18,35,38H,3-4,6,8-10,12,14-16,19-34H2,1-2H3/b7-5+,13-11+,18-17+/t35-/m0/s1. The maximum atomic E-state index is 12.1. The molecule has 0 aromatic carbocycles. The van der Waals surface area contributed by atoms with Crippen molar-refractivity contribution in [2.45, 2.75) is 174 Å². The van der Waals surface area contributed by atoms with Crippen LogP contribution < -0.4 is 0 Å². The van der Waals surface area contributed by atoms with Crippen LogP contribution in [0.2, 0.25) is 0 Å². The zero-order valence-corrected chi connectivity index (χ0v) is 27.5. The molecular weight excluding hydrogens is 524 g/mol. The number of unbranched alkanes of at least 4 members (excludes halogenated alkanes) is 17. The summed E-state index contributed by atoms with van der Waals surface area (Å²) in [4.78, 5) is 24.1. The summed E-state index contributed by atoms with van der Waals surface area (Å²) in [6.45, 7) is 4.00. The molecule has 0 aromatic heterocycles. The number of aliphatic hydroxyl groups is 1. The first kappa shape index (κ1) is 40.1. The monoisotopic (exact) mass is 590 g/mol. The summed E-state index contributed by atoms with van der Waals surface area (Å²) < 4.78 is 10.6. The van der Waals surface area contributed by atoms with Crippen molar-refractivity contribution in [3.63, 3.8) is 0 Å². The van der Waals surface area contributed by atoms with E-state index < -0.39 is 6.10 Å². The van der Waals surface area contributed by atoms with Crippen LogP contribution in [-0.4, -0.2) is 36.4 Å². The normalized spacial score (nSPS) is 12.5. The minimum Gasteiger partial charge on any atom is -0.462 e. The summed E-state index contributed by atoms with van der Waals surface area (Å²) in [6, 6.07) is 0. The van der Waals surface area contributed by atoms with E-state index in [0.29, 0.717) is 12.8 Å². The Hall–Kier alpha value is -1.88. The molecule has 0 aromatic rings. The van der Waals surface area contributed by atoms with Crippen LogP contribution in [0.5, 0.6) is 0 Å².